The summed E-state index contributed by atoms with van der Waals surface area (Å²) in [4.78, 5) is 15.2. The second-order valence-electron chi connectivity index (χ2n) is 6.19. The zero-order chi connectivity index (χ0) is 18.5. The molecule has 0 fully saturated rings. The van der Waals surface area contributed by atoms with E-state index in [0.29, 0.717) is 6.42 Å². The van der Waals surface area contributed by atoms with Crippen LogP contribution in [0.4, 0.5) is 0 Å². The van der Waals surface area contributed by atoms with E-state index in [9.17, 15) is 4.79 Å². The SMILES string of the molecule is COc1ccc(-c2ccc(-c3cccnc3)c(C)c2)c(CCC(=O)O)c1. The van der Waals surface area contributed by atoms with Gasteiger partial charge in [-0.3, -0.25) is 9.78 Å². The van der Waals surface area contributed by atoms with Crippen LogP contribution >= 0.6 is 0 Å². The van der Waals surface area contributed by atoms with Crippen molar-refractivity contribution in [2.45, 2.75) is 19.8 Å². The summed E-state index contributed by atoms with van der Waals surface area (Å²) in [6.45, 7) is 2.08. The predicted octanol–water partition coefficient (Wildman–Crippen LogP) is 4.75. The number of benzene rings is 2. The van der Waals surface area contributed by atoms with E-state index in [4.69, 9.17) is 9.84 Å². The summed E-state index contributed by atoms with van der Waals surface area (Å²) < 4.78 is 5.30. The summed E-state index contributed by atoms with van der Waals surface area (Å²) in [5.74, 6) is -0.0697. The summed E-state index contributed by atoms with van der Waals surface area (Å²) in [6.07, 6.45) is 4.17. The molecular weight excluding hydrogens is 326 g/mol. The van der Waals surface area contributed by atoms with Gasteiger partial charge in [-0.1, -0.05) is 30.3 Å². The molecule has 1 aromatic heterocycles. The minimum atomic E-state index is -0.804. The summed E-state index contributed by atoms with van der Waals surface area (Å²) in [7, 11) is 1.61. The van der Waals surface area contributed by atoms with Gasteiger partial charge in [-0.05, 0) is 59.4 Å². The molecule has 3 aromatic rings. The molecule has 0 aliphatic rings. The Morgan fingerprint density at radius 2 is 1.88 bits per heavy atom. The van der Waals surface area contributed by atoms with Crippen LogP contribution in [0.15, 0.2) is 60.9 Å². The highest BCUT2D eigenvalue weighted by atomic mass is 16.5. The van der Waals surface area contributed by atoms with Crippen LogP contribution in [0.1, 0.15) is 17.5 Å². The van der Waals surface area contributed by atoms with Gasteiger partial charge < -0.3 is 9.84 Å². The molecule has 1 heterocycles. The second-order valence-corrected chi connectivity index (χ2v) is 6.19. The van der Waals surface area contributed by atoms with Crippen molar-refractivity contribution in [3.8, 4) is 28.0 Å². The van der Waals surface area contributed by atoms with Crippen LogP contribution < -0.4 is 4.74 Å². The number of aromatic nitrogens is 1. The van der Waals surface area contributed by atoms with E-state index in [2.05, 4.69) is 30.1 Å². The van der Waals surface area contributed by atoms with Crippen molar-refractivity contribution in [3.63, 3.8) is 0 Å². The first-order valence-corrected chi connectivity index (χ1v) is 8.48. The monoisotopic (exact) mass is 347 g/mol. The Balaban J connectivity index is 2.00. The van der Waals surface area contributed by atoms with Gasteiger partial charge in [0.1, 0.15) is 5.75 Å². The van der Waals surface area contributed by atoms with Crippen molar-refractivity contribution < 1.29 is 14.6 Å². The molecular formula is C22H21NO3. The Labute approximate surface area is 153 Å². The molecule has 0 aliphatic carbocycles. The van der Waals surface area contributed by atoms with Crippen LogP contribution in [0, 0.1) is 6.92 Å². The fourth-order valence-electron chi connectivity index (χ4n) is 3.10. The number of ether oxygens (including phenoxy) is 1. The molecule has 0 radical (unpaired) electrons. The molecule has 0 aliphatic heterocycles. The Morgan fingerprint density at radius 1 is 1.08 bits per heavy atom. The van der Waals surface area contributed by atoms with Gasteiger partial charge in [0.15, 0.2) is 0 Å². The Bertz CT molecular complexity index is 920. The van der Waals surface area contributed by atoms with E-state index in [-0.39, 0.29) is 6.42 Å². The second kappa shape index (κ2) is 7.83. The van der Waals surface area contributed by atoms with Gasteiger partial charge in [-0.15, -0.1) is 0 Å². The molecule has 3 rings (SSSR count). The maximum absolute atomic E-state index is 11.0. The van der Waals surface area contributed by atoms with E-state index in [1.165, 1.54) is 0 Å². The Kier molecular flexibility index (Phi) is 5.32. The highest BCUT2D eigenvalue weighted by Gasteiger charge is 2.11. The number of aryl methyl sites for hydroxylation is 2. The van der Waals surface area contributed by atoms with Gasteiger partial charge in [0, 0.05) is 24.4 Å². The molecule has 0 unspecified atom stereocenters. The number of carbonyl (C=O) groups is 1. The van der Waals surface area contributed by atoms with Crippen molar-refractivity contribution in [3.05, 3.63) is 72.1 Å². The Hall–Kier alpha value is -3.14. The lowest BCUT2D eigenvalue weighted by Crippen LogP contribution is -2.00. The maximum Gasteiger partial charge on any atom is 0.303 e. The summed E-state index contributed by atoms with van der Waals surface area (Å²) >= 11 is 0. The van der Waals surface area contributed by atoms with Gasteiger partial charge >= 0.3 is 5.97 Å². The third-order valence-electron chi connectivity index (χ3n) is 4.43. The third kappa shape index (κ3) is 3.91. The molecule has 0 saturated heterocycles. The first-order valence-electron chi connectivity index (χ1n) is 8.48. The third-order valence-corrected chi connectivity index (χ3v) is 4.43. The summed E-state index contributed by atoms with van der Waals surface area (Å²) in [5, 5.41) is 9.03. The molecule has 1 N–H and O–H groups in total. The van der Waals surface area contributed by atoms with Gasteiger partial charge in [0.2, 0.25) is 0 Å². The van der Waals surface area contributed by atoms with Crippen molar-refractivity contribution in [2.75, 3.05) is 7.11 Å². The molecule has 132 valence electrons. The first-order chi connectivity index (χ1) is 12.6. The van der Waals surface area contributed by atoms with E-state index in [1.54, 1.807) is 13.3 Å². The number of nitrogens with zero attached hydrogens (tertiary/aromatic N) is 1. The lowest BCUT2D eigenvalue weighted by molar-refractivity contribution is -0.136. The highest BCUT2D eigenvalue weighted by Crippen LogP contribution is 2.32. The standard InChI is InChI=1S/C22H21NO3/c1-15-12-16(5-8-20(15)18-4-3-11-23-14-18)21-9-7-19(26-2)13-17(21)6-10-22(24)25/h3-5,7-9,11-14H,6,10H2,1-2H3,(H,24,25). The fourth-order valence-corrected chi connectivity index (χ4v) is 3.10. The molecule has 0 bridgehead atoms. The van der Waals surface area contributed by atoms with E-state index >= 15 is 0 Å². The smallest absolute Gasteiger partial charge is 0.303 e. The molecule has 26 heavy (non-hydrogen) atoms. The van der Waals surface area contributed by atoms with E-state index in [0.717, 1.165) is 39.1 Å². The van der Waals surface area contributed by atoms with Gasteiger partial charge in [0.25, 0.3) is 0 Å². The van der Waals surface area contributed by atoms with Crippen molar-refractivity contribution in [1.29, 1.82) is 0 Å². The van der Waals surface area contributed by atoms with Crippen LogP contribution in [0.25, 0.3) is 22.3 Å². The lowest BCUT2D eigenvalue weighted by Gasteiger charge is -2.14. The van der Waals surface area contributed by atoms with Crippen molar-refractivity contribution >= 4 is 5.97 Å². The van der Waals surface area contributed by atoms with Gasteiger partial charge in [-0.25, -0.2) is 0 Å². The predicted molar refractivity (Wildman–Crippen MR) is 102 cm³/mol. The molecule has 0 saturated carbocycles. The maximum atomic E-state index is 11.0. The number of carboxylic acids is 1. The molecule has 0 amide bonds. The topological polar surface area (TPSA) is 59.4 Å². The van der Waals surface area contributed by atoms with Crippen LogP contribution in [-0.2, 0) is 11.2 Å². The Morgan fingerprint density at radius 3 is 2.54 bits per heavy atom. The highest BCUT2D eigenvalue weighted by molar-refractivity contribution is 5.76. The average molecular weight is 347 g/mol. The van der Waals surface area contributed by atoms with Crippen molar-refractivity contribution in [2.24, 2.45) is 0 Å². The molecule has 0 spiro atoms. The van der Waals surface area contributed by atoms with Crippen LogP contribution in [-0.4, -0.2) is 23.2 Å². The normalized spacial score (nSPS) is 10.5. The number of hydrogen-bond acceptors (Lipinski definition) is 3. The zero-order valence-corrected chi connectivity index (χ0v) is 14.9. The number of hydrogen-bond donors (Lipinski definition) is 1. The van der Waals surface area contributed by atoms with Crippen LogP contribution in [0.2, 0.25) is 0 Å². The largest absolute Gasteiger partial charge is 0.497 e. The molecule has 4 heteroatoms. The number of aliphatic carboxylic acids is 1. The first kappa shape index (κ1) is 17.7. The quantitative estimate of drug-likeness (QED) is 0.699. The van der Waals surface area contributed by atoms with E-state index < -0.39 is 5.97 Å². The van der Waals surface area contributed by atoms with Gasteiger partial charge in [-0.2, -0.15) is 0 Å². The van der Waals surface area contributed by atoms with E-state index in [1.807, 2.05) is 36.5 Å². The van der Waals surface area contributed by atoms with Crippen molar-refractivity contribution in [1.82, 2.24) is 4.98 Å². The zero-order valence-electron chi connectivity index (χ0n) is 14.9. The van der Waals surface area contributed by atoms with Gasteiger partial charge in [0.05, 0.1) is 7.11 Å². The number of pyridine rings is 1. The summed E-state index contributed by atoms with van der Waals surface area (Å²) in [5.41, 5.74) is 6.45. The average Bonchev–Trinajstić information content (AvgIpc) is 2.66. The summed E-state index contributed by atoms with van der Waals surface area (Å²) in [6, 6.07) is 16.1. The minimum absolute atomic E-state index is 0.0902. The number of rotatable bonds is 6. The molecule has 0 atom stereocenters. The van der Waals surface area contributed by atoms with Crippen LogP contribution in [0.5, 0.6) is 5.75 Å². The lowest BCUT2D eigenvalue weighted by atomic mass is 9.92. The number of carboxylic acid groups (broad SMARTS) is 1. The molecule has 2 aromatic carbocycles. The number of methoxy groups -OCH3 is 1. The fraction of sp³-hybridized carbons (Fsp3) is 0.182. The molecule has 4 nitrogen and oxygen atoms in total. The minimum Gasteiger partial charge on any atom is -0.497 e. The van der Waals surface area contributed by atoms with Crippen LogP contribution in [0.3, 0.4) is 0 Å².